The van der Waals surface area contributed by atoms with E-state index < -0.39 is 12.6 Å². The molecule has 162 valence electrons. The van der Waals surface area contributed by atoms with Gasteiger partial charge in [0.15, 0.2) is 12.4 Å². The van der Waals surface area contributed by atoms with Crippen LogP contribution in [0, 0.1) is 0 Å². The Morgan fingerprint density at radius 3 is 2.56 bits per heavy atom. The molecule has 0 aliphatic heterocycles. The van der Waals surface area contributed by atoms with Crippen LogP contribution in [0.2, 0.25) is 0 Å². The maximum Gasteiger partial charge on any atom is 0.341 e. The number of pyridine rings is 1. The van der Waals surface area contributed by atoms with E-state index in [9.17, 15) is 14.7 Å². The van der Waals surface area contributed by atoms with Gasteiger partial charge < -0.3 is 24.3 Å². The van der Waals surface area contributed by atoms with E-state index in [-0.39, 0.29) is 11.5 Å². The zero-order valence-corrected chi connectivity index (χ0v) is 17.2. The summed E-state index contributed by atoms with van der Waals surface area (Å²) in [6.45, 7) is -0.0519. The molecule has 0 saturated carbocycles. The Morgan fingerprint density at radius 2 is 1.84 bits per heavy atom. The number of benzene rings is 2. The molecular formula is C24H20N2O6. The average Bonchev–Trinajstić information content (AvgIpc) is 3.15. The van der Waals surface area contributed by atoms with Crippen molar-refractivity contribution >= 4 is 22.8 Å². The number of hydrogen-bond donors (Lipinski definition) is 2. The molecule has 8 nitrogen and oxygen atoms in total. The fourth-order valence-electron chi connectivity index (χ4n) is 3.41. The summed E-state index contributed by atoms with van der Waals surface area (Å²) in [5.41, 5.74) is 2.34. The van der Waals surface area contributed by atoms with Crippen molar-refractivity contribution in [3.63, 3.8) is 0 Å². The molecule has 0 fully saturated rings. The second-order valence-electron chi connectivity index (χ2n) is 7.10. The van der Waals surface area contributed by atoms with Gasteiger partial charge in [-0.1, -0.05) is 12.1 Å². The van der Waals surface area contributed by atoms with Gasteiger partial charge in [0.05, 0.1) is 7.11 Å². The predicted molar refractivity (Wildman–Crippen MR) is 116 cm³/mol. The van der Waals surface area contributed by atoms with Crippen LogP contribution >= 0.6 is 0 Å². The summed E-state index contributed by atoms with van der Waals surface area (Å²) >= 11 is 0. The van der Waals surface area contributed by atoms with Gasteiger partial charge in [0.25, 0.3) is 0 Å². The predicted octanol–water partition coefficient (Wildman–Crippen LogP) is 3.49. The fourth-order valence-corrected chi connectivity index (χ4v) is 3.41. The maximum atomic E-state index is 13.2. The number of rotatable bonds is 8. The lowest BCUT2D eigenvalue weighted by atomic mass is 10.0. The van der Waals surface area contributed by atoms with Crippen molar-refractivity contribution in [2.24, 2.45) is 0 Å². The van der Waals surface area contributed by atoms with E-state index in [0.29, 0.717) is 40.3 Å². The number of phenols is 1. The van der Waals surface area contributed by atoms with Gasteiger partial charge in [0.1, 0.15) is 17.1 Å². The van der Waals surface area contributed by atoms with Crippen LogP contribution in [-0.2, 0) is 11.3 Å². The Kier molecular flexibility index (Phi) is 5.76. The van der Waals surface area contributed by atoms with Crippen molar-refractivity contribution in [3.8, 4) is 17.4 Å². The first-order chi connectivity index (χ1) is 15.4. The molecule has 0 unspecified atom stereocenters. The summed E-state index contributed by atoms with van der Waals surface area (Å²) in [6.07, 6.45) is 1.73. The van der Waals surface area contributed by atoms with E-state index in [1.165, 1.54) is 19.2 Å². The second-order valence-corrected chi connectivity index (χ2v) is 7.10. The molecule has 0 aliphatic rings. The lowest BCUT2D eigenvalue weighted by Gasteiger charge is -2.08. The van der Waals surface area contributed by atoms with Crippen LogP contribution in [0.1, 0.15) is 21.5 Å². The number of carboxylic acid groups (broad SMARTS) is 1. The van der Waals surface area contributed by atoms with E-state index >= 15 is 0 Å². The molecular weight excluding hydrogens is 412 g/mol. The van der Waals surface area contributed by atoms with Crippen LogP contribution in [-0.4, -0.2) is 45.2 Å². The Hall–Kier alpha value is -4.33. The van der Waals surface area contributed by atoms with Crippen LogP contribution in [0.25, 0.3) is 11.0 Å². The molecule has 0 bridgehead atoms. The molecule has 0 aliphatic carbocycles. The third kappa shape index (κ3) is 4.39. The summed E-state index contributed by atoms with van der Waals surface area (Å²) in [4.78, 5) is 28.5. The monoisotopic (exact) mass is 432 g/mol. The minimum Gasteiger partial charge on any atom is -0.508 e. The number of fused-ring (bicyclic) bond motifs is 1. The van der Waals surface area contributed by atoms with Crippen LogP contribution in [0.15, 0.2) is 66.9 Å². The van der Waals surface area contributed by atoms with Crippen molar-refractivity contribution in [3.05, 3.63) is 83.6 Å². The molecule has 4 aromatic rings. The van der Waals surface area contributed by atoms with Crippen molar-refractivity contribution in [2.45, 2.75) is 6.54 Å². The molecule has 0 saturated heterocycles. The number of phenolic OH excluding ortho intramolecular Hbond substituents is 1. The third-order valence-corrected chi connectivity index (χ3v) is 4.89. The van der Waals surface area contributed by atoms with E-state index in [2.05, 4.69) is 4.98 Å². The first-order valence-electron chi connectivity index (χ1n) is 9.76. The summed E-state index contributed by atoms with van der Waals surface area (Å²) in [7, 11) is 1.52. The van der Waals surface area contributed by atoms with Gasteiger partial charge in [0.2, 0.25) is 5.88 Å². The van der Waals surface area contributed by atoms with Crippen LogP contribution < -0.4 is 9.47 Å². The fraction of sp³-hybridized carbons (Fsp3) is 0.125. The minimum atomic E-state index is -1.06. The highest BCUT2D eigenvalue weighted by atomic mass is 16.5. The Morgan fingerprint density at radius 1 is 1.06 bits per heavy atom. The summed E-state index contributed by atoms with van der Waals surface area (Å²) in [6, 6.07) is 16.6. The number of carbonyl (C=O) groups is 2. The number of carbonyl (C=O) groups excluding carboxylic acids is 1. The van der Waals surface area contributed by atoms with E-state index in [1.54, 1.807) is 48.7 Å². The van der Waals surface area contributed by atoms with Gasteiger partial charge >= 0.3 is 5.97 Å². The van der Waals surface area contributed by atoms with Gasteiger partial charge in [-0.05, 0) is 48.0 Å². The molecule has 0 atom stereocenters. The lowest BCUT2D eigenvalue weighted by Crippen LogP contribution is -2.09. The highest BCUT2D eigenvalue weighted by Gasteiger charge is 2.19. The lowest BCUT2D eigenvalue weighted by molar-refractivity contribution is -0.139. The van der Waals surface area contributed by atoms with Crippen molar-refractivity contribution in [2.75, 3.05) is 13.7 Å². The number of hydrogen-bond acceptors (Lipinski definition) is 6. The smallest absolute Gasteiger partial charge is 0.341 e. The van der Waals surface area contributed by atoms with Gasteiger partial charge in [0, 0.05) is 35.3 Å². The molecule has 2 aromatic heterocycles. The number of methoxy groups -OCH3 is 1. The molecule has 0 amide bonds. The van der Waals surface area contributed by atoms with Gasteiger partial charge in [-0.2, -0.15) is 4.98 Å². The summed E-state index contributed by atoms with van der Waals surface area (Å²) in [5, 5.41) is 19.0. The summed E-state index contributed by atoms with van der Waals surface area (Å²) < 4.78 is 12.4. The second kappa shape index (κ2) is 8.81. The van der Waals surface area contributed by atoms with Crippen LogP contribution in [0.4, 0.5) is 0 Å². The third-order valence-electron chi connectivity index (χ3n) is 4.89. The summed E-state index contributed by atoms with van der Waals surface area (Å²) in [5.74, 6) is -0.313. The van der Waals surface area contributed by atoms with Gasteiger partial charge in [-0.15, -0.1) is 0 Å². The molecule has 2 heterocycles. The van der Waals surface area contributed by atoms with Crippen molar-refractivity contribution < 1.29 is 29.3 Å². The molecule has 2 aromatic carbocycles. The largest absolute Gasteiger partial charge is 0.508 e. The van der Waals surface area contributed by atoms with Crippen molar-refractivity contribution in [1.29, 1.82) is 0 Å². The molecule has 0 radical (unpaired) electrons. The van der Waals surface area contributed by atoms with E-state index in [0.717, 1.165) is 5.56 Å². The van der Waals surface area contributed by atoms with Crippen molar-refractivity contribution in [1.82, 2.24) is 9.55 Å². The number of aromatic nitrogens is 2. The van der Waals surface area contributed by atoms with Gasteiger partial charge in [-0.25, -0.2) is 4.79 Å². The minimum absolute atomic E-state index is 0.0837. The zero-order valence-electron chi connectivity index (χ0n) is 17.2. The number of nitrogens with zero attached hydrogens (tertiary/aromatic N) is 2. The van der Waals surface area contributed by atoms with Crippen LogP contribution in [0.3, 0.4) is 0 Å². The van der Waals surface area contributed by atoms with E-state index in [1.807, 2.05) is 10.6 Å². The zero-order chi connectivity index (χ0) is 22.7. The quantitative estimate of drug-likeness (QED) is 0.410. The maximum absolute atomic E-state index is 13.2. The highest BCUT2D eigenvalue weighted by Crippen LogP contribution is 2.27. The normalized spacial score (nSPS) is 10.8. The molecule has 4 rings (SSSR count). The highest BCUT2D eigenvalue weighted by molar-refractivity contribution is 6.16. The Bertz CT molecular complexity index is 1290. The first kappa shape index (κ1) is 20.9. The molecule has 2 N–H and O–H groups in total. The number of aromatic hydroxyl groups is 1. The number of aliphatic carboxylic acids is 1. The Balaban J connectivity index is 1.73. The number of carboxylic acids is 1. The van der Waals surface area contributed by atoms with Gasteiger partial charge in [-0.3, -0.25) is 4.79 Å². The first-order valence-corrected chi connectivity index (χ1v) is 9.76. The molecule has 32 heavy (non-hydrogen) atoms. The molecule has 8 heteroatoms. The SMILES string of the molecule is COc1ccc2c(C(=O)c3ccc(O)cc3)cn(Cc3cccc(OCC(=O)O)c3)c2n1. The topological polar surface area (TPSA) is 111 Å². The van der Waals surface area contributed by atoms with Crippen LogP contribution in [0.5, 0.6) is 17.4 Å². The number of ketones is 1. The number of ether oxygens (including phenoxy) is 2. The molecule has 0 spiro atoms. The Labute approximate surface area is 183 Å². The average molecular weight is 432 g/mol. The standard InChI is InChI=1S/C24H20N2O6/c1-31-21-10-9-19-20(23(30)16-5-7-17(27)8-6-16)13-26(24(19)25-21)12-15-3-2-4-18(11-15)32-14-22(28)29/h2-11,13,27H,12,14H2,1H3,(H,28,29). The van der Waals surface area contributed by atoms with E-state index in [4.69, 9.17) is 14.6 Å².